The quantitative estimate of drug-likeness (QED) is 0.856. The molecule has 144 valence electrons. The third kappa shape index (κ3) is 4.09. The number of aliphatic hydroxyl groups is 1. The molecule has 2 fully saturated rings. The zero-order valence-electron chi connectivity index (χ0n) is 16.2. The van der Waals surface area contributed by atoms with E-state index in [-0.39, 0.29) is 17.9 Å². The van der Waals surface area contributed by atoms with E-state index >= 15 is 0 Å². The lowest BCUT2D eigenvalue weighted by Crippen LogP contribution is -2.54. The molecule has 0 bridgehead atoms. The van der Waals surface area contributed by atoms with Gasteiger partial charge in [-0.05, 0) is 32.6 Å². The number of aryl methyl sites for hydroxylation is 1. The summed E-state index contributed by atoms with van der Waals surface area (Å²) < 4.78 is 0. The highest BCUT2D eigenvalue weighted by Crippen LogP contribution is 2.40. The molecule has 2 aliphatic heterocycles. The molecule has 3 heterocycles. The number of piperidine rings is 2. The summed E-state index contributed by atoms with van der Waals surface area (Å²) in [6, 6.07) is 2.06. The topological polar surface area (TPSA) is 72.8 Å². The summed E-state index contributed by atoms with van der Waals surface area (Å²) >= 11 is 0. The van der Waals surface area contributed by atoms with Crippen molar-refractivity contribution in [2.24, 2.45) is 5.41 Å². The highest BCUT2D eigenvalue weighted by Gasteiger charge is 2.41. The van der Waals surface area contributed by atoms with Gasteiger partial charge in [0.1, 0.15) is 5.82 Å². The van der Waals surface area contributed by atoms with Crippen molar-refractivity contribution in [1.82, 2.24) is 14.9 Å². The Labute approximate surface area is 156 Å². The average molecular weight is 361 g/mol. The van der Waals surface area contributed by atoms with Crippen molar-refractivity contribution < 1.29 is 9.90 Å². The van der Waals surface area contributed by atoms with Gasteiger partial charge in [-0.15, -0.1) is 0 Å². The molecule has 0 unspecified atom stereocenters. The molecule has 0 aromatic carbocycles. The van der Waals surface area contributed by atoms with Crippen LogP contribution in [0.1, 0.15) is 37.8 Å². The number of hydrogen-bond donors (Lipinski definition) is 1. The number of anilines is 2. The second kappa shape index (κ2) is 7.78. The number of carbonyl (C=O) groups excluding carboxylic acids is 1. The van der Waals surface area contributed by atoms with E-state index in [1.54, 1.807) is 0 Å². The molecular weight excluding hydrogens is 330 g/mol. The maximum Gasteiger partial charge on any atom is 0.226 e. The third-order valence-corrected chi connectivity index (χ3v) is 5.55. The first-order chi connectivity index (χ1) is 12.4. The maximum atomic E-state index is 12.2. The fourth-order valence-corrected chi connectivity index (χ4v) is 4.20. The summed E-state index contributed by atoms with van der Waals surface area (Å²) in [7, 11) is 3.92. The maximum absolute atomic E-state index is 12.2. The number of carbonyl (C=O) groups is 1. The molecule has 0 saturated carbocycles. The number of aliphatic hydroxyl groups excluding tert-OH is 1. The summed E-state index contributed by atoms with van der Waals surface area (Å²) in [5, 5.41) is 9.11. The molecule has 26 heavy (non-hydrogen) atoms. The Morgan fingerprint density at radius 3 is 2.81 bits per heavy atom. The van der Waals surface area contributed by atoms with E-state index in [0.29, 0.717) is 19.4 Å². The van der Waals surface area contributed by atoms with Gasteiger partial charge in [0, 0.05) is 70.5 Å². The number of nitrogens with zero attached hydrogens (tertiary/aromatic N) is 5. The molecule has 3 rings (SSSR count). The van der Waals surface area contributed by atoms with Crippen LogP contribution in [-0.2, 0) is 4.79 Å². The molecule has 7 nitrogen and oxygen atoms in total. The number of likely N-dealkylation sites (tertiary alicyclic amines) is 1. The first-order valence-electron chi connectivity index (χ1n) is 9.59. The minimum atomic E-state index is 0.135. The van der Waals surface area contributed by atoms with Gasteiger partial charge in [0.2, 0.25) is 11.9 Å². The average Bonchev–Trinajstić information content (AvgIpc) is 2.62. The highest BCUT2D eigenvalue weighted by molar-refractivity contribution is 5.77. The zero-order chi connectivity index (χ0) is 18.7. The Morgan fingerprint density at radius 2 is 2.08 bits per heavy atom. The summed E-state index contributed by atoms with van der Waals surface area (Å²) in [6.45, 7) is 5.53. The minimum Gasteiger partial charge on any atom is -0.396 e. The summed E-state index contributed by atoms with van der Waals surface area (Å²) in [4.78, 5) is 27.8. The van der Waals surface area contributed by atoms with Crippen molar-refractivity contribution in [3.63, 3.8) is 0 Å². The third-order valence-electron chi connectivity index (χ3n) is 5.55. The van der Waals surface area contributed by atoms with Gasteiger partial charge in [-0.2, -0.15) is 4.98 Å². The van der Waals surface area contributed by atoms with Gasteiger partial charge in [0.05, 0.1) is 0 Å². The smallest absolute Gasteiger partial charge is 0.226 e. The van der Waals surface area contributed by atoms with Crippen LogP contribution in [0.15, 0.2) is 6.07 Å². The number of rotatable bonds is 5. The van der Waals surface area contributed by atoms with Gasteiger partial charge in [-0.3, -0.25) is 4.79 Å². The Morgan fingerprint density at radius 1 is 1.27 bits per heavy atom. The van der Waals surface area contributed by atoms with Gasteiger partial charge in [-0.1, -0.05) is 0 Å². The number of aromatic nitrogens is 2. The number of amides is 1. The fourth-order valence-electron chi connectivity index (χ4n) is 4.20. The fraction of sp³-hybridized carbons (Fsp3) is 0.737. The van der Waals surface area contributed by atoms with Crippen LogP contribution in [0.5, 0.6) is 0 Å². The lowest BCUT2D eigenvalue weighted by molar-refractivity contribution is -0.138. The second-order valence-corrected chi connectivity index (χ2v) is 7.98. The first kappa shape index (κ1) is 18.9. The van der Waals surface area contributed by atoms with Gasteiger partial charge in [0.15, 0.2) is 0 Å². The zero-order valence-corrected chi connectivity index (χ0v) is 16.2. The SMILES string of the molecule is Cc1cc(N2CCC[C@]3(CCC(=O)N(CCCO)C3)C2)nc(N(C)C)n1. The second-order valence-electron chi connectivity index (χ2n) is 7.98. The van der Waals surface area contributed by atoms with E-state index in [1.807, 2.05) is 30.8 Å². The van der Waals surface area contributed by atoms with Crippen LogP contribution < -0.4 is 9.80 Å². The van der Waals surface area contributed by atoms with Crippen LogP contribution >= 0.6 is 0 Å². The molecule has 1 N–H and O–H groups in total. The number of hydrogen-bond acceptors (Lipinski definition) is 6. The van der Waals surface area contributed by atoms with Crippen molar-refractivity contribution in [2.45, 2.75) is 39.0 Å². The molecule has 1 atom stereocenters. The Kier molecular flexibility index (Phi) is 5.65. The molecule has 1 aromatic rings. The van der Waals surface area contributed by atoms with Crippen LogP contribution in [0.4, 0.5) is 11.8 Å². The van der Waals surface area contributed by atoms with Crippen LogP contribution in [0.3, 0.4) is 0 Å². The minimum absolute atomic E-state index is 0.135. The standard InChI is InChI=1S/C19H31N5O2/c1-15-12-16(21-18(20-15)22(2)3)23-9-4-7-19(13-23)8-6-17(26)24(14-19)10-5-11-25/h12,25H,4-11,13-14H2,1-3H3/t19-/m0/s1. The first-order valence-corrected chi connectivity index (χ1v) is 9.59. The molecule has 2 aliphatic rings. The Balaban J connectivity index is 1.77. The van der Waals surface area contributed by atoms with Crippen molar-refractivity contribution in [3.8, 4) is 0 Å². The molecule has 0 radical (unpaired) electrons. The van der Waals surface area contributed by atoms with Crippen molar-refractivity contribution in [3.05, 3.63) is 11.8 Å². The van der Waals surface area contributed by atoms with Crippen LogP contribution in [0, 0.1) is 12.3 Å². The molecule has 7 heteroatoms. The van der Waals surface area contributed by atoms with Gasteiger partial charge >= 0.3 is 0 Å². The molecule has 2 saturated heterocycles. The van der Waals surface area contributed by atoms with E-state index in [1.165, 1.54) is 0 Å². The molecule has 0 aliphatic carbocycles. The Hall–Kier alpha value is -1.89. The molecular formula is C19H31N5O2. The lowest BCUT2D eigenvalue weighted by Gasteiger charge is -2.48. The Bertz CT molecular complexity index is 651. The molecule has 1 spiro atoms. The summed E-state index contributed by atoms with van der Waals surface area (Å²) in [6.07, 6.45) is 4.48. The normalized spacial score (nSPS) is 23.6. The van der Waals surface area contributed by atoms with Crippen molar-refractivity contribution in [2.75, 3.05) is 56.7 Å². The largest absolute Gasteiger partial charge is 0.396 e. The summed E-state index contributed by atoms with van der Waals surface area (Å²) in [5.41, 5.74) is 1.11. The molecule has 1 aromatic heterocycles. The monoisotopic (exact) mass is 361 g/mol. The van der Waals surface area contributed by atoms with E-state index in [2.05, 4.69) is 16.0 Å². The molecule has 1 amide bonds. The predicted molar refractivity (Wildman–Crippen MR) is 102 cm³/mol. The van der Waals surface area contributed by atoms with E-state index < -0.39 is 0 Å². The van der Waals surface area contributed by atoms with Crippen molar-refractivity contribution in [1.29, 1.82) is 0 Å². The van der Waals surface area contributed by atoms with Gasteiger partial charge < -0.3 is 19.8 Å². The van der Waals surface area contributed by atoms with Crippen LogP contribution in [0.2, 0.25) is 0 Å². The van der Waals surface area contributed by atoms with Crippen LogP contribution in [0.25, 0.3) is 0 Å². The summed E-state index contributed by atoms with van der Waals surface area (Å²) in [5.74, 6) is 1.95. The van der Waals surface area contributed by atoms with E-state index in [4.69, 9.17) is 10.1 Å². The van der Waals surface area contributed by atoms with E-state index in [9.17, 15) is 4.79 Å². The lowest BCUT2D eigenvalue weighted by atomic mass is 9.73. The van der Waals surface area contributed by atoms with Gasteiger partial charge in [-0.25, -0.2) is 4.98 Å². The van der Waals surface area contributed by atoms with Crippen molar-refractivity contribution >= 4 is 17.7 Å². The van der Waals surface area contributed by atoms with Gasteiger partial charge in [0.25, 0.3) is 0 Å². The predicted octanol–water partition coefficient (Wildman–Crippen LogP) is 1.44. The highest BCUT2D eigenvalue weighted by atomic mass is 16.3. The van der Waals surface area contributed by atoms with Crippen LogP contribution in [-0.4, -0.2) is 72.8 Å². The van der Waals surface area contributed by atoms with E-state index in [0.717, 1.165) is 56.4 Å².